The number of rotatable bonds is 9. The van der Waals surface area contributed by atoms with Crippen molar-refractivity contribution >= 4 is 25.7 Å². The minimum atomic E-state index is -3.45. The number of benzene rings is 2. The third-order valence-corrected chi connectivity index (χ3v) is 11.4. The summed E-state index contributed by atoms with van der Waals surface area (Å²) in [6, 6.07) is 12.4. The zero-order valence-corrected chi connectivity index (χ0v) is 28.9. The lowest BCUT2D eigenvalue weighted by atomic mass is 9.87. The van der Waals surface area contributed by atoms with E-state index in [9.17, 15) is 16.8 Å². The molecule has 0 bridgehead atoms. The molecule has 0 spiro atoms. The molecule has 8 nitrogen and oxygen atoms in total. The summed E-state index contributed by atoms with van der Waals surface area (Å²) in [6.07, 6.45) is 9.51. The number of piperidine rings is 2. The highest BCUT2D eigenvalue weighted by Crippen LogP contribution is 2.35. The summed E-state index contributed by atoms with van der Waals surface area (Å²) in [5, 5.41) is 6.71. The van der Waals surface area contributed by atoms with Gasteiger partial charge in [-0.25, -0.2) is 21.6 Å². The molecule has 2 aromatic carbocycles. The van der Waals surface area contributed by atoms with Crippen LogP contribution in [0.2, 0.25) is 0 Å². The van der Waals surface area contributed by atoms with E-state index in [0.717, 1.165) is 105 Å². The molecule has 2 heterocycles. The molecule has 3 fully saturated rings. The van der Waals surface area contributed by atoms with E-state index in [-0.39, 0.29) is 6.04 Å². The summed E-state index contributed by atoms with van der Waals surface area (Å²) < 4.78 is 55.1. The molecule has 0 atom stereocenters. The summed E-state index contributed by atoms with van der Waals surface area (Å²) in [6.45, 7) is 12.4. The van der Waals surface area contributed by atoms with Gasteiger partial charge >= 0.3 is 0 Å². The first-order chi connectivity index (χ1) is 20.8. The van der Waals surface area contributed by atoms with Crippen LogP contribution in [0.1, 0.15) is 125 Å². The predicted molar refractivity (Wildman–Crippen MR) is 182 cm³/mol. The number of anilines is 1. The summed E-state index contributed by atoms with van der Waals surface area (Å²) in [7, 11) is -6.70. The maximum absolute atomic E-state index is 13.1. The molecule has 2 aliphatic heterocycles. The van der Waals surface area contributed by atoms with Gasteiger partial charge in [-0.1, -0.05) is 64.8 Å². The van der Waals surface area contributed by atoms with Gasteiger partial charge in [-0.3, -0.25) is 4.72 Å². The van der Waals surface area contributed by atoms with E-state index in [1.54, 1.807) is 0 Å². The molecule has 1 saturated carbocycles. The van der Waals surface area contributed by atoms with Crippen molar-refractivity contribution in [3.8, 4) is 0 Å². The van der Waals surface area contributed by atoms with E-state index < -0.39 is 20.0 Å². The Balaban J connectivity index is 0.000000204. The van der Waals surface area contributed by atoms with E-state index >= 15 is 0 Å². The van der Waals surface area contributed by atoms with Gasteiger partial charge in [0, 0.05) is 6.04 Å². The van der Waals surface area contributed by atoms with Gasteiger partial charge < -0.3 is 10.6 Å². The number of sulfonamides is 2. The average molecular weight is 647 g/mol. The van der Waals surface area contributed by atoms with Crippen LogP contribution in [0.15, 0.2) is 41.3 Å². The van der Waals surface area contributed by atoms with E-state index in [2.05, 4.69) is 72.0 Å². The van der Waals surface area contributed by atoms with Crippen LogP contribution in [0.25, 0.3) is 0 Å². The molecule has 4 N–H and O–H groups in total. The third-order valence-electron chi connectivity index (χ3n) is 9.27. The lowest BCUT2D eigenvalue weighted by Gasteiger charge is -2.26. The van der Waals surface area contributed by atoms with Gasteiger partial charge in [0.25, 0.3) is 0 Å². The standard InChI is InChI=1S/C19H30N2O2S.C15H24N2O2S/c1-14(2)16-7-8-18(15-9-11-20-12-10-15)19(13-16)24(22,23)21-17-5-3-4-6-17;1-11(2)13-4-5-14(12-6-8-16-9-7-12)15(10-13)17-20(3,18)19/h7-8,13-15,17,20-21H,3-6,9-12H2,1-2H3;4-5,10-12,16-17H,6-9H2,1-3H3. The summed E-state index contributed by atoms with van der Waals surface area (Å²) >= 11 is 0. The zero-order chi connectivity index (χ0) is 31.9. The SMILES string of the molecule is CC(C)c1ccc(C2CCNCC2)c(NS(C)(=O)=O)c1.CC(C)c1ccc(C2CCNCC2)c(S(=O)(=O)NC2CCCC2)c1. The molecular formula is C34H54N4O4S2. The summed E-state index contributed by atoms with van der Waals surface area (Å²) in [5.41, 5.74) is 5.15. The highest BCUT2D eigenvalue weighted by atomic mass is 32.2. The topological polar surface area (TPSA) is 116 Å². The van der Waals surface area contributed by atoms with Gasteiger partial charge in [-0.15, -0.1) is 0 Å². The lowest BCUT2D eigenvalue weighted by molar-refractivity contribution is 0.454. The average Bonchev–Trinajstić information content (AvgIpc) is 3.49. The molecule has 44 heavy (non-hydrogen) atoms. The van der Waals surface area contributed by atoms with Crippen LogP contribution in [0.4, 0.5) is 5.69 Å². The molecule has 246 valence electrons. The second-order valence-corrected chi connectivity index (χ2v) is 16.9. The van der Waals surface area contributed by atoms with Crippen molar-refractivity contribution in [3.63, 3.8) is 0 Å². The number of nitrogens with one attached hydrogen (secondary N) is 4. The van der Waals surface area contributed by atoms with Crippen molar-refractivity contribution in [1.29, 1.82) is 0 Å². The summed E-state index contributed by atoms with van der Waals surface area (Å²) in [5.74, 6) is 1.48. The monoisotopic (exact) mass is 646 g/mol. The normalized spacial score (nSPS) is 19.2. The van der Waals surface area contributed by atoms with Crippen molar-refractivity contribution < 1.29 is 16.8 Å². The van der Waals surface area contributed by atoms with Gasteiger partial charge in [-0.05, 0) is 123 Å². The maximum Gasteiger partial charge on any atom is 0.241 e. The smallest absolute Gasteiger partial charge is 0.241 e. The van der Waals surface area contributed by atoms with Gasteiger partial charge in [0.15, 0.2) is 0 Å². The predicted octanol–water partition coefficient (Wildman–Crippen LogP) is 6.15. The molecule has 10 heteroatoms. The van der Waals surface area contributed by atoms with Crippen LogP contribution >= 0.6 is 0 Å². The third kappa shape index (κ3) is 9.76. The molecule has 0 radical (unpaired) electrons. The van der Waals surface area contributed by atoms with Gasteiger partial charge in [0.2, 0.25) is 20.0 Å². The van der Waals surface area contributed by atoms with Crippen LogP contribution in [0.5, 0.6) is 0 Å². The fraction of sp³-hybridized carbons (Fsp3) is 0.647. The van der Waals surface area contributed by atoms with Crippen LogP contribution < -0.4 is 20.1 Å². The largest absolute Gasteiger partial charge is 0.317 e. The first-order valence-corrected chi connectivity index (χ1v) is 19.9. The first kappa shape index (κ1) is 34.9. The molecule has 0 unspecified atom stereocenters. The van der Waals surface area contributed by atoms with Gasteiger partial charge in [-0.2, -0.15) is 0 Å². The Morgan fingerprint density at radius 2 is 1.16 bits per heavy atom. The molecule has 3 aliphatic rings. The molecule has 0 aromatic heterocycles. The van der Waals surface area contributed by atoms with Gasteiger partial charge in [0.1, 0.15) is 0 Å². The highest BCUT2D eigenvalue weighted by molar-refractivity contribution is 7.92. The number of hydrogen-bond donors (Lipinski definition) is 4. The Morgan fingerprint density at radius 1 is 0.682 bits per heavy atom. The van der Waals surface area contributed by atoms with Crippen LogP contribution in [-0.4, -0.2) is 55.3 Å². The molecule has 2 saturated heterocycles. The second kappa shape index (κ2) is 15.5. The zero-order valence-electron chi connectivity index (χ0n) is 27.3. The van der Waals surface area contributed by atoms with Crippen LogP contribution in [0.3, 0.4) is 0 Å². The Kier molecular flexibility index (Phi) is 12.3. The quantitative estimate of drug-likeness (QED) is 0.260. The minimum Gasteiger partial charge on any atom is -0.317 e. The molecule has 5 rings (SSSR count). The lowest BCUT2D eigenvalue weighted by Crippen LogP contribution is -2.34. The Bertz CT molecular complexity index is 1440. The van der Waals surface area contributed by atoms with E-state index in [1.807, 2.05) is 12.1 Å². The Hall–Kier alpha value is -1.98. The first-order valence-electron chi connectivity index (χ1n) is 16.5. The fourth-order valence-electron chi connectivity index (χ4n) is 6.65. The van der Waals surface area contributed by atoms with E-state index in [0.29, 0.717) is 28.6 Å². The van der Waals surface area contributed by atoms with Crippen molar-refractivity contribution in [2.75, 3.05) is 37.2 Å². The molecular weight excluding hydrogens is 593 g/mol. The fourth-order valence-corrected chi connectivity index (χ4v) is 8.86. The van der Waals surface area contributed by atoms with Crippen molar-refractivity contribution in [2.45, 2.75) is 114 Å². The second-order valence-electron chi connectivity index (χ2n) is 13.5. The maximum atomic E-state index is 13.1. The highest BCUT2D eigenvalue weighted by Gasteiger charge is 2.29. The van der Waals surface area contributed by atoms with E-state index in [1.165, 1.54) is 6.26 Å². The molecule has 1 aliphatic carbocycles. The molecule has 0 amide bonds. The minimum absolute atomic E-state index is 0.110. The Morgan fingerprint density at radius 3 is 1.66 bits per heavy atom. The molecule has 2 aromatic rings. The summed E-state index contributed by atoms with van der Waals surface area (Å²) in [4.78, 5) is 0.521. The Labute approximate surface area is 266 Å². The van der Waals surface area contributed by atoms with E-state index in [4.69, 9.17) is 0 Å². The van der Waals surface area contributed by atoms with Gasteiger partial charge in [0.05, 0.1) is 16.8 Å². The van der Waals surface area contributed by atoms with Crippen LogP contribution in [-0.2, 0) is 20.0 Å². The van der Waals surface area contributed by atoms with Crippen LogP contribution in [0, 0.1) is 0 Å². The van der Waals surface area contributed by atoms with Crippen molar-refractivity contribution in [2.24, 2.45) is 0 Å². The number of hydrogen-bond acceptors (Lipinski definition) is 6. The van der Waals surface area contributed by atoms with Crippen molar-refractivity contribution in [3.05, 3.63) is 58.7 Å². The van der Waals surface area contributed by atoms with Crippen molar-refractivity contribution in [1.82, 2.24) is 15.4 Å².